The molecule has 0 aliphatic heterocycles. The third-order valence-corrected chi connectivity index (χ3v) is 4.14. The lowest BCUT2D eigenvalue weighted by Crippen LogP contribution is -2.27. The lowest BCUT2D eigenvalue weighted by Gasteiger charge is -2.21. The van der Waals surface area contributed by atoms with Gasteiger partial charge in [-0.1, -0.05) is 35.9 Å². The van der Waals surface area contributed by atoms with E-state index in [9.17, 15) is 4.79 Å². The van der Waals surface area contributed by atoms with Gasteiger partial charge in [-0.2, -0.15) is 5.10 Å². The van der Waals surface area contributed by atoms with Crippen LogP contribution in [0.4, 0.5) is 11.6 Å². The lowest BCUT2D eigenvalue weighted by molar-refractivity contribution is 0.590. The predicted molar refractivity (Wildman–Crippen MR) is 94.8 cm³/mol. The van der Waals surface area contributed by atoms with Crippen molar-refractivity contribution in [2.24, 2.45) is 0 Å². The molecule has 0 radical (unpaired) electrons. The molecule has 1 aliphatic carbocycles. The predicted octanol–water partition coefficient (Wildman–Crippen LogP) is 3.57. The number of allylic oxidation sites excluding steroid dienone is 4. The van der Waals surface area contributed by atoms with Crippen LogP contribution in [0.2, 0.25) is 5.02 Å². The molecule has 0 saturated carbocycles. The Labute approximate surface area is 142 Å². The molecule has 1 unspecified atom stereocenters. The molecule has 6 nitrogen and oxygen atoms in total. The van der Waals surface area contributed by atoms with Gasteiger partial charge in [-0.05, 0) is 24.6 Å². The number of aromatic amines is 1. The van der Waals surface area contributed by atoms with Gasteiger partial charge >= 0.3 is 0 Å². The summed E-state index contributed by atoms with van der Waals surface area (Å²) >= 11 is 6.05. The Morgan fingerprint density at radius 1 is 1.33 bits per heavy atom. The first kappa shape index (κ1) is 14.7. The molecular formula is C17H14ClN5O. The topological polar surface area (TPSA) is 75.6 Å². The number of nitrogens with one attached hydrogen (secondary N) is 2. The standard InChI is InChI=1S/C17H14ClN5O/c18-11-6-7-15-14(8-11)16(24)23(13-4-2-1-3-5-13)17(22-15)21-12-9-19-20-10-12/h1-4,6-10,13H,5H2,(H,19,20)(H,21,22). The van der Waals surface area contributed by atoms with E-state index in [0.717, 1.165) is 12.1 Å². The number of benzene rings is 1. The van der Waals surface area contributed by atoms with Crippen molar-refractivity contribution in [3.05, 3.63) is 70.3 Å². The van der Waals surface area contributed by atoms with Crippen molar-refractivity contribution in [3.8, 4) is 0 Å². The van der Waals surface area contributed by atoms with Crippen LogP contribution in [-0.4, -0.2) is 19.7 Å². The van der Waals surface area contributed by atoms with Gasteiger partial charge in [0.05, 0.1) is 28.8 Å². The Morgan fingerprint density at radius 3 is 3.00 bits per heavy atom. The maximum absolute atomic E-state index is 13.1. The highest BCUT2D eigenvalue weighted by atomic mass is 35.5. The Morgan fingerprint density at radius 2 is 2.25 bits per heavy atom. The molecule has 0 fully saturated rings. The van der Waals surface area contributed by atoms with Crippen molar-refractivity contribution in [1.29, 1.82) is 0 Å². The summed E-state index contributed by atoms with van der Waals surface area (Å²) in [6, 6.07) is 5.03. The smallest absolute Gasteiger partial charge is 0.263 e. The van der Waals surface area contributed by atoms with E-state index in [1.165, 1.54) is 0 Å². The monoisotopic (exact) mass is 339 g/mol. The van der Waals surface area contributed by atoms with E-state index in [0.29, 0.717) is 21.9 Å². The van der Waals surface area contributed by atoms with Gasteiger partial charge in [0, 0.05) is 11.2 Å². The fourth-order valence-corrected chi connectivity index (χ4v) is 2.95. The minimum absolute atomic E-state index is 0.104. The average Bonchev–Trinajstić information content (AvgIpc) is 3.10. The number of anilines is 2. The summed E-state index contributed by atoms with van der Waals surface area (Å²) in [5.74, 6) is 0.473. The minimum atomic E-state index is -0.126. The van der Waals surface area contributed by atoms with Crippen LogP contribution in [0.15, 0.2) is 59.7 Å². The zero-order valence-electron chi connectivity index (χ0n) is 12.6. The van der Waals surface area contributed by atoms with E-state index in [1.54, 1.807) is 35.2 Å². The first-order chi connectivity index (χ1) is 11.7. The maximum Gasteiger partial charge on any atom is 0.263 e. The molecule has 1 aliphatic rings. The fourth-order valence-electron chi connectivity index (χ4n) is 2.77. The van der Waals surface area contributed by atoms with Crippen LogP contribution in [-0.2, 0) is 0 Å². The van der Waals surface area contributed by atoms with Gasteiger partial charge in [0.1, 0.15) is 0 Å². The van der Waals surface area contributed by atoms with E-state index in [2.05, 4.69) is 20.5 Å². The van der Waals surface area contributed by atoms with Crippen LogP contribution in [0.25, 0.3) is 10.9 Å². The van der Waals surface area contributed by atoms with E-state index in [4.69, 9.17) is 11.6 Å². The lowest BCUT2D eigenvalue weighted by atomic mass is 10.1. The average molecular weight is 340 g/mol. The van der Waals surface area contributed by atoms with Gasteiger partial charge < -0.3 is 5.32 Å². The van der Waals surface area contributed by atoms with Gasteiger partial charge in [-0.15, -0.1) is 0 Å². The molecule has 4 rings (SSSR count). The van der Waals surface area contributed by atoms with Crippen molar-refractivity contribution in [1.82, 2.24) is 19.7 Å². The van der Waals surface area contributed by atoms with Crippen molar-refractivity contribution in [2.45, 2.75) is 12.5 Å². The molecule has 2 N–H and O–H groups in total. The quantitative estimate of drug-likeness (QED) is 0.764. The first-order valence-corrected chi connectivity index (χ1v) is 7.91. The molecule has 0 saturated heterocycles. The third kappa shape index (κ3) is 2.61. The van der Waals surface area contributed by atoms with Crippen LogP contribution in [0.5, 0.6) is 0 Å². The van der Waals surface area contributed by atoms with Gasteiger partial charge in [-0.3, -0.25) is 14.5 Å². The minimum Gasteiger partial charge on any atom is -0.323 e. The maximum atomic E-state index is 13.1. The van der Waals surface area contributed by atoms with Crippen LogP contribution < -0.4 is 10.9 Å². The van der Waals surface area contributed by atoms with Gasteiger partial charge in [0.15, 0.2) is 0 Å². The summed E-state index contributed by atoms with van der Waals surface area (Å²) in [7, 11) is 0. The molecule has 120 valence electrons. The Kier molecular flexibility index (Phi) is 3.66. The largest absolute Gasteiger partial charge is 0.323 e. The number of fused-ring (bicyclic) bond motifs is 1. The number of H-pyrrole nitrogens is 1. The fraction of sp³-hybridized carbons (Fsp3) is 0.118. The first-order valence-electron chi connectivity index (χ1n) is 7.53. The molecule has 24 heavy (non-hydrogen) atoms. The van der Waals surface area contributed by atoms with E-state index >= 15 is 0 Å². The molecule has 7 heteroatoms. The second-order valence-corrected chi connectivity index (χ2v) is 5.94. The second-order valence-electron chi connectivity index (χ2n) is 5.50. The second kappa shape index (κ2) is 5.98. The number of hydrogen-bond acceptors (Lipinski definition) is 4. The number of hydrogen-bond donors (Lipinski definition) is 2. The zero-order valence-corrected chi connectivity index (χ0v) is 13.4. The molecule has 1 aromatic carbocycles. The number of nitrogens with zero attached hydrogens (tertiary/aromatic N) is 3. The van der Waals surface area contributed by atoms with Crippen molar-refractivity contribution < 1.29 is 0 Å². The van der Waals surface area contributed by atoms with Crippen LogP contribution >= 0.6 is 11.6 Å². The highest BCUT2D eigenvalue weighted by molar-refractivity contribution is 6.31. The summed E-state index contributed by atoms with van der Waals surface area (Å²) in [6.45, 7) is 0. The number of rotatable bonds is 3. The van der Waals surface area contributed by atoms with E-state index in [-0.39, 0.29) is 11.6 Å². The molecule has 1 atom stereocenters. The molecule has 0 spiro atoms. The van der Waals surface area contributed by atoms with Crippen molar-refractivity contribution in [3.63, 3.8) is 0 Å². The van der Waals surface area contributed by atoms with Gasteiger partial charge in [-0.25, -0.2) is 4.98 Å². The van der Waals surface area contributed by atoms with E-state index in [1.807, 2.05) is 24.3 Å². The van der Waals surface area contributed by atoms with Crippen LogP contribution in [0, 0.1) is 0 Å². The summed E-state index contributed by atoms with van der Waals surface area (Å²) < 4.78 is 1.66. The molecular weight excluding hydrogens is 326 g/mol. The SMILES string of the molecule is O=c1c2cc(Cl)ccc2nc(Nc2cn[nH]c2)n1C1C=CC=CC1. The van der Waals surface area contributed by atoms with Crippen molar-refractivity contribution in [2.75, 3.05) is 5.32 Å². The third-order valence-electron chi connectivity index (χ3n) is 3.91. The normalized spacial score (nSPS) is 16.6. The Bertz CT molecular complexity index is 1000. The Hall–Kier alpha value is -2.86. The van der Waals surface area contributed by atoms with Crippen molar-refractivity contribution >= 4 is 34.1 Å². The highest BCUT2D eigenvalue weighted by Crippen LogP contribution is 2.25. The summed E-state index contributed by atoms with van der Waals surface area (Å²) in [4.78, 5) is 17.7. The molecule has 2 heterocycles. The molecule has 0 bridgehead atoms. The summed E-state index contributed by atoms with van der Waals surface area (Å²) in [5.41, 5.74) is 1.21. The number of aromatic nitrogens is 4. The summed E-state index contributed by atoms with van der Waals surface area (Å²) in [6.07, 6.45) is 12.0. The van der Waals surface area contributed by atoms with Crippen LogP contribution in [0.3, 0.4) is 0 Å². The highest BCUT2D eigenvalue weighted by Gasteiger charge is 2.18. The summed E-state index contributed by atoms with van der Waals surface area (Å²) in [5, 5.41) is 10.8. The molecule has 3 aromatic rings. The van der Waals surface area contributed by atoms with E-state index < -0.39 is 0 Å². The van der Waals surface area contributed by atoms with Gasteiger partial charge in [0.25, 0.3) is 5.56 Å². The van der Waals surface area contributed by atoms with Gasteiger partial charge in [0.2, 0.25) is 5.95 Å². The zero-order chi connectivity index (χ0) is 16.5. The molecule has 0 amide bonds. The Balaban J connectivity index is 1.94. The molecule has 2 aromatic heterocycles. The van der Waals surface area contributed by atoms with Crippen LogP contribution in [0.1, 0.15) is 12.5 Å². The number of halogens is 1.